The van der Waals surface area contributed by atoms with Gasteiger partial charge in [0.05, 0.1) is 0 Å². The summed E-state index contributed by atoms with van der Waals surface area (Å²) in [4.78, 5) is 10.3. The van der Waals surface area contributed by atoms with Crippen molar-refractivity contribution in [3.8, 4) is 0 Å². The van der Waals surface area contributed by atoms with Crippen LogP contribution in [0.4, 0.5) is 10.1 Å². The van der Waals surface area contributed by atoms with Crippen molar-refractivity contribution >= 4 is 21.6 Å². The number of carbonyl (C=O) groups is 1. The van der Waals surface area contributed by atoms with Crippen molar-refractivity contribution in [3.05, 3.63) is 24.0 Å². The van der Waals surface area contributed by atoms with Gasteiger partial charge in [-0.15, -0.1) is 0 Å². The topological polar surface area (TPSA) is 95.5 Å². The molecule has 0 aliphatic heterocycles. The largest absolute Gasteiger partial charge is 0.396 e. The molecule has 0 heterocycles. The highest BCUT2D eigenvalue weighted by Crippen LogP contribution is 2.19. The number of hydrogen-bond acceptors (Lipinski definition) is 4. The monoisotopic (exact) mass is 304 g/mol. The summed E-state index contributed by atoms with van der Waals surface area (Å²) < 4.78 is 39.8. The fourth-order valence-electron chi connectivity index (χ4n) is 1.39. The van der Waals surface area contributed by atoms with E-state index in [1.165, 1.54) is 13.0 Å². The molecular formula is C12H17FN2O4S. The van der Waals surface area contributed by atoms with E-state index in [-0.39, 0.29) is 30.7 Å². The van der Waals surface area contributed by atoms with Crippen LogP contribution < -0.4 is 10.0 Å². The Morgan fingerprint density at radius 2 is 2.10 bits per heavy atom. The lowest BCUT2D eigenvalue weighted by atomic mass is 10.2. The summed E-state index contributed by atoms with van der Waals surface area (Å²) >= 11 is 0. The Hall–Kier alpha value is -1.51. The van der Waals surface area contributed by atoms with Gasteiger partial charge in [-0.1, -0.05) is 6.92 Å². The molecule has 0 saturated carbocycles. The van der Waals surface area contributed by atoms with Gasteiger partial charge >= 0.3 is 0 Å². The number of hydrogen-bond donors (Lipinski definition) is 3. The molecule has 3 N–H and O–H groups in total. The average Bonchev–Trinajstić information content (AvgIpc) is 2.35. The number of carbonyl (C=O) groups excluding carboxylic acids is 1. The lowest BCUT2D eigenvalue weighted by Crippen LogP contribution is -2.30. The van der Waals surface area contributed by atoms with Crippen molar-refractivity contribution in [2.75, 3.05) is 18.5 Å². The zero-order valence-corrected chi connectivity index (χ0v) is 12.0. The van der Waals surface area contributed by atoms with Crippen LogP contribution in [0.15, 0.2) is 23.1 Å². The van der Waals surface area contributed by atoms with Crippen molar-refractivity contribution in [1.29, 1.82) is 0 Å². The minimum Gasteiger partial charge on any atom is -0.396 e. The number of aliphatic hydroxyl groups excluding tert-OH is 1. The number of benzene rings is 1. The van der Waals surface area contributed by atoms with Crippen LogP contribution in [-0.4, -0.2) is 32.6 Å². The maximum atomic E-state index is 13.8. The Morgan fingerprint density at radius 1 is 1.45 bits per heavy atom. The van der Waals surface area contributed by atoms with E-state index in [0.717, 1.165) is 12.1 Å². The standard InChI is InChI=1S/C12H17FN2O4S/c1-8(7-16)6-14-20(18,19)12-4-3-10(5-11(12)13)15-9(2)17/h3-5,8,14,16H,6-7H2,1-2H3,(H,15,17). The van der Waals surface area contributed by atoms with Crippen LogP contribution in [0.5, 0.6) is 0 Å². The quantitative estimate of drug-likeness (QED) is 0.720. The summed E-state index contributed by atoms with van der Waals surface area (Å²) in [5.41, 5.74) is 0.178. The van der Waals surface area contributed by atoms with Crippen LogP contribution in [0.2, 0.25) is 0 Å². The minimum atomic E-state index is -3.99. The molecule has 1 rings (SSSR count). The van der Waals surface area contributed by atoms with Gasteiger partial charge in [-0.25, -0.2) is 17.5 Å². The van der Waals surface area contributed by atoms with Crippen LogP contribution in [0.25, 0.3) is 0 Å². The van der Waals surface area contributed by atoms with Gasteiger partial charge in [0, 0.05) is 25.8 Å². The fraction of sp³-hybridized carbons (Fsp3) is 0.417. The molecule has 1 aromatic carbocycles. The highest BCUT2D eigenvalue weighted by Gasteiger charge is 2.20. The van der Waals surface area contributed by atoms with E-state index in [4.69, 9.17) is 5.11 Å². The van der Waals surface area contributed by atoms with E-state index in [1.807, 2.05) is 0 Å². The number of rotatable bonds is 6. The van der Waals surface area contributed by atoms with Crippen LogP contribution in [0.3, 0.4) is 0 Å². The average molecular weight is 304 g/mol. The molecule has 0 spiro atoms. The van der Waals surface area contributed by atoms with Crippen LogP contribution >= 0.6 is 0 Å². The van der Waals surface area contributed by atoms with E-state index in [9.17, 15) is 17.6 Å². The summed E-state index contributed by atoms with van der Waals surface area (Å²) in [6.07, 6.45) is 0. The first-order valence-electron chi connectivity index (χ1n) is 5.94. The first kappa shape index (κ1) is 16.5. The van der Waals surface area contributed by atoms with Crippen molar-refractivity contribution < 1.29 is 22.7 Å². The molecule has 0 aromatic heterocycles. The summed E-state index contributed by atoms with van der Waals surface area (Å²) in [5.74, 6) is -1.61. The van der Waals surface area contributed by atoms with E-state index < -0.39 is 20.7 Å². The highest BCUT2D eigenvalue weighted by atomic mass is 32.2. The smallest absolute Gasteiger partial charge is 0.243 e. The molecule has 0 aliphatic carbocycles. The third-order valence-electron chi connectivity index (χ3n) is 2.48. The SMILES string of the molecule is CC(=O)Nc1ccc(S(=O)(=O)NCC(C)CO)c(F)c1. The molecule has 0 radical (unpaired) electrons. The number of anilines is 1. The summed E-state index contributed by atoms with van der Waals surface area (Å²) in [7, 11) is -3.99. The number of halogens is 1. The molecule has 0 fully saturated rings. The Balaban J connectivity index is 2.93. The van der Waals surface area contributed by atoms with E-state index >= 15 is 0 Å². The van der Waals surface area contributed by atoms with E-state index in [1.54, 1.807) is 6.92 Å². The van der Waals surface area contributed by atoms with Gasteiger partial charge < -0.3 is 10.4 Å². The van der Waals surface area contributed by atoms with Gasteiger partial charge in [-0.2, -0.15) is 0 Å². The first-order chi connectivity index (χ1) is 9.26. The lowest BCUT2D eigenvalue weighted by molar-refractivity contribution is -0.114. The third kappa shape index (κ3) is 4.55. The van der Waals surface area contributed by atoms with Crippen molar-refractivity contribution in [1.82, 2.24) is 4.72 Å². The van der Waals surface area contributed by atoms with E-state index in [0.29, 0.717) is 0 Å². The molecular weight excluding hydrogens is 287 g/mol. The zero-order valence-electron chi connectivity index (χ0n) is 11.2. The van der Waals surface area contributed by atoms with Gasteiger partial charge in [-0.3, -0.25) is 4.79 Å². The zero-order chi connectivity index (χ0) is 15.3. The summed E-state index contributed by atoms with van der Waals surface area (Å²) in [5, 5.41) is 11.2. The molecule has 1 atom stereocenters. The molecule has 20 heavy (non-hydrogen) atoms. The second kappa shape index (κ2) is 6.78. The van der Waals surface area contributed by atoms with Crippen molar-refractivity contribution in [2.45, 2.75) is 18.7 Å². The molecule has 112 valence electrons. The van der Waals surface area contributed by atoms with Crippen LogP contribution in [0, 0.1) is 11.7 Å². The maximum absolute atomic E-state index is 13.8. The Morgan fingerprint density at radius 3 is 2.60 bits per heavy atom. The van der Waals surface area contributed by atoms with Gasteiger partial charge in [-0.05, 0) is 24.1 Å². The number of amides is 1. The van der Waals surface area contributed by atoms with Crippen molar-refractivity contribution in [2.24, 2.45) is 5.92 Å². The van der Waals surface area contributed by atoms with Crippen molar-refractivity contribution in [3.63, 3.8) is 0 Å². The van der Waals surface area contributed by atoms with Gasteiger partial charge in [0.1, 0.15) is 10.7 Å². The predicted molar refractivity (Wildman–Crippen MR) is 72.1 cm³/mol. The first-order valence-corrected chi connectivity index (χ1v) is 7.42. The second-order valence-corrected chi connectivity index (χ2v) is 6.20. The molecule has 8 heteroatoms. The summed E-state index contributed by atoms with van der Waals surface area (Å²) in [6, 6.07) is 3.31. The normalized spacial score (nSPS) is 13.0. The molecule has 1 amide bonds. The second-order valence-electron chi connectivity index (χ2n) is 4.47. The number of nitrogens with one attached hydrogen (secondary N) is 2. The maximum Gasteiger partial charge on any atom is 0.243 e. The molecule has 0 bridgehead atoms. The Labute approximate surface area is 117 Å². The highest BCUT2D eigenvalue weighted by molar-refractivity contribution is 7.89. The summed E-state index contributed by atoms with van der Waals surface area (Å²) in [6.45, 7) is 2.75. The number of sulfonamides is 1. The van der Waals surface area contributed by atoms with Gasteiger partial charge in [0.25, 0.3) is 0 Å². The Kier molecular flexibility index (Phi) is 5.61. The van der Waals surface area contributed by atoms with Gasteiger partial charge in [0.15, 0.2) is 0 Å². The van der Waals surface area contributed by atoms with Crippen LogP contribution in [-0.2, 0) is 14.8 Å². The molecule has 0 saturated heterocycles. The van der Waals surface area contributed by atoms with E-state index in [2.05, 4.69) is 10.0 Å². The Bertz CT molecular complexity index is 589. The minimum absolute atomic E-state index is 0.00568. The molecule has 1 unspecified atom stereocenters. The predicted octanol–water partition coefficient (Wildman–Crippen LogP) is 0.691. The van der Waals surface area contributed by atoms with Gasteiger partial charge in [0.2, 0.25) is 15.9 Å². The lowest BCUT2D eigenvalue weighted by Gasteiger charge is -2.11. The molecule has 6 nitrogen and oxygen atoms in total. The fourth-order valence-corrected chi connectivity index (χ4v) is 2.62. The van der Waals surface area contributed by atoms with Crippen LogP contribution in [0.1, 0.15) is 13.8 Å². The number of aliphatic hydroxyl groups is 1. The molecule has 0 aliphatic rings. The third-order valence-corrected chi connectivity index (χ3v) is 3.93. The molecule has 1 aromatic rings.